The van der Waals surface area contributed by atoms with Gasteiger partial charge < -0.3 is 4.74 Å². The van der Waals surface area contributed by atoms with Crippen molar-refractivity contribution in [2.75, 3.05) is 0 Å². The molecule has 2 aromatic rings. The van der Waals surface area contributed by atoms with Crippen LogP contribution in [0, 0.1) is 5.82 Å². The molecule has 3 rings (SSSR count). The number of rotatable bonds is 3. The van der Waals surface area contributed by atoms with E-state index in [1.807, 2.05) is 0 Å². The fourth-order valence-corrected chi connectivity index (χ4v) is 2.80. The molecule has 2 aromatic carbocycles. The molecule has 0 atom stereocenters. The van der Waals surface area contributed by atoms with Gasteiger partial charge in [0.1, 0.15) is 6.61 Å². The van der Waals surface area contributed by atoms with Crippen LogP contribution in [0.2, 0.25) is 0 Å². The molecule has 3 heteroatoms. The summed E-state index contributed by atoms with van der Waals surface area (Å²) >= 11 is 3.32. The highest BCUT2D eigenvalue weighted by atomic mass is 79.9. The Balaban J connectivity index is 1.74. The normalized spacial score (nSPS) is 13.4. The summed E-state index contributed by atoms with van der Waals surface area (Å²) in [7, 11) is 0. The van der Waals surface area contributed by atoms with E-state index in [-0.39, 0.29) is 11.6 Å². The molecular weight excluding hydrogens is 307 g/mol. The van der Waals surface area contributed by atoms with Gasteiger partial charge >= 0.3 is 0 Å². The van der Waals surface area contributed by atoms with Crippen molar-refractivity contribution in [1.82, 2.24) is 0 Å². The fraction of sp³-hybridized carbons (Fsp3) is 0.250. The summed E-state index contributed by atoms with van der Waals surface area (Å²) in [6.07, 6.45) is 3.56. The maximum absolute atomic E-state index is 13.5. The second kappa shape index (κ2) is 5.33. The Kier molecular flexibility index (Phi) is 3.56. The van der Waals surface area contributed by atoms with Crippen molar-refractivity contribution in [3.63, 3.8) is 0 Å². The van der Waals surface area contributed by atoms with Crippen molar-refractivity contribution in [1.29, 1.82) is 0 Å². The first-order chi connectivity index (χ1) is 9.22. The summed E-state index contributed by atoms with van der Waals surface area (Å²) < 4.78 is 19.9. The maximum atomic E-state index is 13.5. The molecule has 1 aliphatic carbocycles. The van der Waals surface area contributed by atoms with Crippen LogP contribution in [0.1, 0.15) is 23.1 Å². The third kappa shape index (κ3) is 2.81. The van der Waals surface area contributed by atoms with Crippen molar-refractivity contribution in [2.24, 2.45) is 0 Å². The molecule has 0 fully saturated rings. The minimum absolute atomic E-state index is 0.287. The first-order valence-corrected chi connectivity index (χ1v) is 7.20. The third-order valence-corrected chi connectivity index (χ3v) is 3.94. The van der Waals surface area contributed by atoms with E-state index < -0.39 is 0 Å². The van der Waals surface area contributed by atoms with Crippen LogP contribution in [0.15, 0.2) is 40.9 Å². The monoisotopic (exact) mass is 320 g/mol. The van der Waals surface area contributed by atoms with Crippen LogP contribution in [-0.2, 0) is 19.4 Å². The molecule has 1 aliphatic rings. The van der Waals surface area contributed by atoms with E-state index in [4.69, 9.17) is 4.74 Å². The number of hydrogen-bond donors (Lipinski definition) is 0. The van der Waals surface area contributed by atoms with Gasteiger partial charge in [0.05, 0.1) is 0 Å². The number of aryl methyl sites for hydroxylation is 2. The van der Waals surface area contributed by atoms with Crippen molar-refractivity contribution in [3.8, 4) is 5.75 Å². The number of hydrogen-bond acceptors (Lipinski definition) is 1. The SMILES string of the molecule is Fc1ccc(Br)cc1OCc1ccc2c(c1)CCC2. The van der Waals surface area contributed by atoms with Gasteiger partial charge in [-0.1, -0.05) is 34.1 Å². The van der Waals surface area contributed by atoms with E-state index in [0.717, 1.165) is 16.5 Å². The zero-order valence-corrected chi connectivity index (χ0v) is 12.0. The highest BCUT2D eigenvalue weighted by Gasteiger charge is 2.11. The molecule has 98 valence electrons. The van der Waals surface area contributed by atoms with Gasteiger partial charge in [-0.05, 0) is 54.2 Å². The first kappa shape index (κ1) is 12.7. The molecule has 1 nitrogen and oxygen atoms in total. The van der Waals surface area contributed by atoms with Gasteiger partial charge in [0.25, 0.3) is 0 Å². The van der Waals surface area contributed by atoms with Crippen molar-refractivity contribution < 1.29 is 9.13 Å². The molecule has 0 bridgehead atoms. The highest BCUT2D eigenvalue weighted by Crippen LogP contribution is 2.25. The Morgan fingerprint density at radius 2 is 1.89 bits per heavy atom. The molecule has 0 N–H and O–H groups in total. The average Bonchev–Trinajstić information content (AvgIpc) is 2.87. The lowest BCUT2D eigenvalue weighted by molar-refractivity contribution is 0.290. The molecule has 0 heterocycles. The van der Waals surface area contributed by atoms with Gasteiger partial charge in [0, 0.05) is 4.47 Å². The van der Waals surface area contributed by atoms with E-state index in [9.17, 15) is 4.39 Å². The Morgan fingerprint density at radius 3 is 2.79 bits per heavy atom. The van der Waals surface area contributed by atoms with E-state index in [1.165, 1.54) is 30.0 Å². The number of fused-ring (bicyclic) bond motifs is 1. The number of benzene rings is 2. The summed E-state index contributed by atoms with van der Waals surface area (Å²) in [5.74, 6) is -0.0424. The van der Waals surface area contributed by atoms with Gasteiger partial charge in [-0.25, -0.2) is 4.39 Å². The van der Waals surface area contributed by atoms with Gasteiger partial charge in [-0.2, -0.15) is 0 Å². The Bertz CT molecular complexity index is 610. The first-order valence-electron chi connectivity index (χ1n) is 6.41. The summed E-state index contributed by atoms with van der Waals surface area (Å²) in [6, 6.07) is 11.1. The zero-order valence-electron chi connectivity index (χ0n) is 10.5. The molecule has 19 heavy (non-hydrogen) atoms. The van der Waals surface area contributed by atoms with Crippen molar-refractivity contribution in [3.05, 3.63) is 63.4 Å². The molecule has 0 unspecified atom stereocenters. The largest absolute Gasteiger partial charge is 0.486 e. The Hall–Kier alpha value is -1.35. The predicted octanol–water partition coefficient (Wildman–Crippen LogP) is 4.66. The van der Waals surface area contributed by atoms with Crippen LogP contribution in [0.25, 0.3) is 0 Å². The lowest BCUT2D eigenvalue weighted by Gasteiger charge is -2.09. The zero-order chi connectivity index (χ0) is 13.2. The maximum Gasteiger partial charge on any atom is 0.165 e. The Morgan fingerprint density at radius 1 is 1.05 bits per heavy atom. The van der Waals surface area contributed by atoms with E-state index >= 15 is 0 Å². The highest BCUT2D eigenvalue weighted by molar-refractivity contribution is 9.10. The van der Waals surface area contributed by atoms with E-state index in [1.54, 1.807) is 12.1 Å². The molecule has 0 aromatic heterocycles. The average molecular weight is 321 g/mol. The fourth-order valence-electron chi connectivity index (χ4n) is 2.46. The quantitative estimate of drug-likeness (QED) is 0.799. The summed E-state index contributed by atoms with van der Waals surface area (Å²) in [5.41, 5.74) is 3.95. The molecule has 0 aliphatic heterocycles. The van der Waals surface area contributed by atoms with Crippen LogP contribution in [0.3, 0.4) is 0 Å². The Labute approximate surface area is 120 Å². The summed E-state index contributed by atoms with van der Waals surface area (Å²) in [6.45, 7) is 0.403. The second-order valence-electron chi connectivity index (χ2n) is 4.82. The molecule has 0 amide bonds. The third-order valence-electron chi connectivity index (χ3n) is 3.45. The lowest BCUT2D eigenvalue weighted by atomic mass is 10.1. The minimum Gasteiger partial charge on any atom is -0.486 e. The smallest absolute Gasteiger partial charge is 0.165 e. The van der Waals surface area contributed by atoms with Crippen LogP contribution in [0.5, 0.6) is 5.75 Å². The van der Waals surface area contributed by atoms with E-state index in [2.05, 4.69) is 34.1 Å². The van der Waals surface area contributed by atoms with Gasteiger partial charge in [-0.15, -0.1) is 0 Å². The summed E-state index contributed by atoms with van der Waals surface area (Å²) in [4.78, 5) is 0. The standard InChI is InChI=1S/C16H14BrFO/c17-14-6-7-15(18)16(9-14)19-10-11-4-5-12-2-1-3-13(12)8-11/h4-9H,1-3,10H2. The van der Waals surface area contributed by atoms with Crippen LogP contribution in [0.4, 0.5) is 4.39 Å². The topological polar surface area (TPSA) is 9.23 Å². The second-order valence-corrected chi connectivity index (χ2v) is 5.74. The number of halogens is 2. The molecular formula is C16H14BrFO. The van der Waals surface area contributed by atoms with Crippen LogP contribution < -0.4 is 4.74 Å². The van der Waals surface area contributed by atoms with E-state index in [0.29, 0.717) is 6.61 Å². The van der Waals surface area contributed by atoms with Gasteiger partial charge in [0.15, 0.2) is 11.6 Å². The van der Waals surface area contributed by atoms with Crippen LogP contribution >= 0.6 is 15.9 Å². The van der Waals surface area contributed by atoms with Crippen molar-refractivity contribution >= 4 is 15.9 Å². The van der Waals surface area contributed by atoms with Gasteiger partial charge in [0.2, 0.25) is 0 Å². The molecule has 0 radical (unpaired) electrons. The lowest BCUT2D eigenvalue weighted by Crippen LogP contribution is -1.98. The molecule has 0 spiro atoms. The summed E-state index contributed by atoms with van der Waals surface area (Å²) in [5, 5.41) is 0. The van der Waals surface area contributed by atoms with Gasteiger partial charge in [-0.3, -0.25) is 0 Å². The van der Waals surface area contributed by atoms with Crippen LogP contribution in [-0.4, -0.2) is 0 Å². The molecule has 0 saturated heterocycles. The predicted molar refractivity (Wildman–Crippen MR) is 76.9 cm³/mol. The number of ether oxygens (including phenoxy) is 1. The minimum atomic E-state index is -0.329. The molecule has 0 saturated carbocycles. The van der Waals surface area contributed by atoms with Crippen molar-refractivity contribution in [2.45, 2.75) is 25.9 Å².